The Morgan fingerprint density at radius 3 is 2.44 bits per heavy atom. The number of carbonyl (C=O) groups is 1. The van der Waals surface area contributed by atoms with Crippen LogP contribution < -0.4 is 10.6 Å². The molecule has 1 heterocycles. The zero-order valence-corrected chi connectivity index (χ0v) is 9.94. The van der Waals surface area contributed by atoms with Gasteiger partial charge in [0.15, 0.2) is 0 Å². The number of nitro groups is 1. The van der Waals surface area contributed by atoms with Crippen molar-refractivity contribution < 1.29 is 9.72 Å². The van der Waals surface area contributed by atoms with Crippen molar-refractivity contribution in [3.8, 4) is 0 Å². The van der Waals surface area contributed by atoms with E-state index in [4.69, 9.17) is 0 Å². The van der Waals surface area contributed by atoms with Crippen LogP contribution in [0.1, 0.15) is 0 Å². The fourth-order valence-corrected chi connectivity index (χ4v) is 1.90. The first-order chi connectivity index (χ1) is 8.65. The lowest BCUT2D eigenvalue weighted by molar-refractivity contribution is -0.384. The molecule has 0 spiro atoms. The molecule has 0 bridgehead atoms. The highest BCUT2D eigenvalue weighted by Crippen LogP contribution is 2.17. The van der Waals surface area contributed by atoms with E-state index < -0.39 is 4.92 Å². The number of hydrogen-bond donors (Lipinski definition) is 2. The van der Waals surface area contributed by atoms with E-state index >= 15 is 0 Å². The molecule has 0 fully saturated rings. The lowest BCUT2D eigenvalue weighted by Gasteiger charge is -2.05. The van der Waals surface area contributed by atoms with E-state index in [2.05, 4.69) is 10.6 Å². The summed E-state index contributed by atoms with van der Waals surface area (Å²) in [4.78, 5) is 21.5. The summed E-state index contributed by atoms with van der Waals surface area (Å²) in [6.45, 7) is 0. The first kappa shape index (κ1) is 12.1. The highest BCUT2D eigenvalue weighted by Gasteiger charge is 2.06. The minimum absolute atomic E-state index is 0.0146. The zero-order valence-electron chi connectivity index (χ0n) is 9.12. The largest absolute Gasteiger partial charge is 0.324 e. The third-order valence-electron chi connectivity index (χ3n) is 2.09. The lowest BCUT2D eigenvalue weighted by Crippen LogP contribution is -2.18. The monoisotopic (exact) mass is 263 g/mol. The van der Waals surface area contributed by atoms with Gasteiger partial charge in [-0.3, -0.25) is 15.4 Å². The van der Waals surface area contributed by atoms with Gasteiger partial charge in [0.1, 0.15) is 0 Å². The summed E-state index contributed by atoms with van der Waals surface area (Å²) in [5, 5.41) is 18.3. The number of rotatable bonds is 3. The predicted molar refractivity (Wildman–Crippen MR) is 70.1 cm³/mol. The van der Waals surface area contributed by atoms with E-state index in [0.29, 0.717) is 5.69 Å². The van der Waals surface area contributed by atoms with Gasteiger partial charge in [-0.25, -0.2) is 4.79 Å². The van der Waals surface area contributed by atoms with Crippen molar-refractivity contribution in [3.63, 3.8) is 0 Å². The van der Waals surface area contributed by atoms with Crippen molar-refractivity contribution in [2.45, 2.75) is 0 Å². The van der Waals surface area contributed by atoms with Crippen LogP contribution in [-0.2, 0) is 0 Å². The van der Waals surface area contributed by atoms with Gasteiger partial charge in [-0.1, -0.05) is 0 Å². The molecule has 0 atom stereocenters. The van der Waals surface area contributed by atoms with E-state index in [0.717, 1.165) is 5.00 Å². The standard InChI is InChI=1S/C11H9N3O3S/c15-11(13-10-2-1-7-18-10)12-8-3-5-9(6-4-8)14(16)17/h1-7H,(H2,12,13,15). The Hall–Kier alpha value is -2.41. The maximum Gasteiger partial charge on any atom is 0.324 e. The third-order valence-corrected chi connectivity index (χ3v) is 2.88. The van der Waals surface area contributed by atoms with E-state index in [9.17, 15) is 14.9 Å². The zero-order chi connectivity index (χ0) is 13.0. The number of benzene rings is 1. The van der Waals surface area contributed by atoms with Crippen LogP contribution in [0.4, 0.5) is 21.2 Å². The van der Waals surface area contributed by atoms with E-state index in [1.165, 1.54) is 35.6 Å². The number of hydrogen-bond acceptors (Lipinski definition) is 4. The minimum atomic E-state index is -0.491. The first-order valence-electron chi connectivity index (χ1n) is 5.01. The van der Waals surface area contributed by atoms with Gasteiger partial charge in [-0.15, -0.1) is 11.3 Å². The Balaban J connectivity index is 1.97. The molecule has 0 radical (unpaired) electrons. The molecule has 1 aromatic heterocycles. The van der Waals surface area contributed by atoms with E-state index in [1.807, 2.05) is 11.4 Å². The van der Waals surface area contributed by atoms with Crippen molar-refractivity contribution >= 4 is 33.7 Å². The van der Waals surface area contributed by atoms with Crippen LogP contribution in [0.3, 0.4) is 0 Å². The summed E-state index contributed by atoms with van der Waals surface area (Å²) < 4.78 is 0. The van der Waals surface area contributed by atoms with Crippen LogP contribution in [0, 0.1) is 10.1 Å². The maximum atomic E-state index is 11.5. The molecule has 0 unspecified atom stereocenters. The van der Waals surface area contributed by atoms with Gasteiger partial charge < -0.3 is 5.32 Å². The molecular formula is C11H9N3O3S. The van der Waals surface area contributed by atoms with Gasteiger partial charge in [-0.2, -0.15) is 0 Å². The molecular weight excluding hydrogens is 254 g/mol. The molecule has 92 valence electrons. The van der Waals surface area contributed by atoms with Crippen LogP contribution in [0.5, 0.6) is 0 Å². The summed E-state index contributed by atoms with van der Waals surface area (Å²) >= 11 is 1.41. The Kier molecular flexibility index (Phi) is 3.54. The van der Waals surface area contributed by atoms with E-state index in [-0.39, 0.29) is 11.7 Å². The molecule has 2 N–H and O–H groups in total. The van der Waals surface area contributed by atoms with Gasteiger partial charge >= 0.3 is 6.03 Å². The number of non-ortho nitro benzene ring substituents is 1. The van der Waals surface area contributed by atoms with Crippen LogP contribution in [0.25, 0.3) is 0 Å². The molecule has 0 saturated heterocycles. The second-order valence-electron chi connectivity index (χ2n) is 3.36. The summed E-state index contributed by atoms with van der Waals surface area (Å²) in [5.41, 5.74) is 0.480. The SMILES string of the molecule is O=C(Nc1ccc([N+](=O)[O-])cc1)Nc1cccs1. The molecule has 0 aliphatic carbocycles. The molecule has 1 aromatic carbocycles. The van der Waals surface area contributed by atoms with Crippen molar-refractivity contribution in [1.82, 2.24) is 0 Å². The summed E-state index contributed by atoms with van der Waals surface area (Å²) in [6.07, 6.45) is 0. The van der Waals surface area contributed by atoms with Crippen LogP contribution in [0.15, 0.2) is 41.8 Å². The Morgan fingerprint density at radius 1 is 1.17 bits per heavy atom. The van der Waals surface area contributed by atoms with Gasteiger partial charge in [0, 0.05) is 17.8 Å². The van der Waals surface area contributed by atoms with Crippen molar-refractivity contribution in [3.05, 3.63) is 51.9 Å². The number of thiophene rings is 1. The summed E-state index contributed by atoms with van der Waals surface area (Å²) in [7, 11) is 0. The number of nitrogens with zero attached hydrogens (tertiary/aromatic N) is 1. The predicted octanol–water partition coefficient (Wildman–Crippen LogP) is 3.30. The summed E-state index contributed by atoms with van der Waals surface area (Å²) in [5.74, 6) is 0. The number of urea groups is 1. The molecule has 0 saturated carbocycles. The minimum Gasteiger partial charge on any atom is -0.308 e. The molecule has 2 amide bonds. The molecule has 7 heteroatoms. The van der Waals surface area contributed by atoms with Crippen molar-refractivity contribution in [2.75, 3.05) is 10.6 Å². The highest BCUT2D eigenvalue weighted by molar-refractivity contribution is 7.14. The average molecular weight is 263 g/mol. The van der Waals surface area contributed by atoms with E-state index in [1.54, 1.807) is 6.07 Å². The first-order valence-corrected chi connectivity index (χ1v) is 5.89. The molecule has 0 aliphatic heterocycles. The van der Waals surface area contributed by atoms with Gasteiger partial charge in [0.2, 0.25) is 0 Å². The highest BCUT2D eigenvalue weighted by atomic mass is 32.1. The molecule has 0 aliphatic rings. The smallest absolute Gasteiger partial charge is 0.308 e. The second kappa shape index (κ2) is 5.28. The molecule has 18 heavy (non-hydrogen) atoms. The number of carbonyl (C=O) groups excluding carboxylic acids is 1. The molecule has 2 rings (SSSR count). The Labute approximate surface area is 106 Å². The number of nitrogens with one attached hydrogen (secondary N) is 2. The van der Waals surface area contributed by atoms with Crippen molar-refractivity contribution in [2.24, 2.45) is 0 Å². The molecule has 2 aromatic rings. The Bertz CT molecular complexity index is 551. The van der Waals surface area contributed by atoms with Crippen molar-refractivity contribution in [1.29, 1.82) is 0 Å². The van der Waals surface area contributed by atoms with Crippen LogP contribution in [-0.4, -0.2) is 11.0 Å². The normalized spacial score (nSPS) is 9.78. The third kappa shape index (κ3) is 3.05. The topological polar surface area (TPSA) is 84.3 Å². The van der Waals surface area contributed by atoms with Gasteiger partial charge in [-0.05, 0) is 29.6 Å². The van der Waals surface area contributed by atoms with Gasteiger partial charge in [0.25, 0.3) is 5.69 Å². The van der Waals surface area contributed by atoms with Gasteiger partial charge in [0.05, 0.1) is 9.92 Å². The fourth-order valence-electron chi connectivity index (χ4n) is 1.29. The number of amides is 2. The fraction of sp³-hybridized carbons (Fsp3) is 0. The molecule has 6 nitrogen and oxygen atoms in total. The average Bonchev–Trinajstić information content (AvgIpc) is 2.82. The lowest BCUT2D eigenvalue weighted by atomic mass is 10.3. The number of anilines is 2. The van der Waals surface area contributed by atoms with Crippen LogP contribution in [0.2, 0.25) is 0 Å². The van der Waals surface area contributed by atoms with Crippen LogP contribution >= 0.6 is 11.3 Å². The quantitative estimate of drug-likeness (QED) is 0.658. The Morgan fingerprint density at radius 2 is 1.89 bits per heavy atom. The number of nitro benzene ring substituents is 1. The maximum absolute atomic E-state index is 11.5. The second-order valence-corrected chi connectivity index (χ2v) is 4.31. The summed E-state index contributed by atoms with van der Waals surface area (Å²) in [6, 6.07) is 8.85.